The average molecular weight is 294 g/mol. The Morgan fingerprint density at radius 2 is 1.71 bits per heavy atom. The number of hydrogen-bond acceptors (Lipinski definition) is 3. The summed E-state index contributed by atoms with van der Waals surface area (Å²) in [6.07, 6.45) is 7.81. The van der Waals surface area contributed by atoms with Crippen molar-refractivity contribution in [1.82, 2.24) is 0 Å². The van der Waals surface area contributed by atoms with Crippen molar-refractivity contribution in [3.63, 3.8) is 0 Å². The van der Waals surface area contributed by atoms with Crippen LogP contribution in [0.4, 0.5) is 0 Å². The molecule has 1 aromatic rings. The van der Waals surface area contributed by atoms with E-state index in [2.05, 4.69) is 13.0 Å². The van der Waals surface area contributed by atoms with Gasteiger partial charge >= 0.3 is 0 Å². The second kappa shape index (κ2) is 11.6. The fraction of sp³-hybridized carbons (Fsp3) is 0.667. The van der Waals surface area contributed by atoms with Gasteiger partial charge in [-0.15, -0.1) is 0 Å². The number of aliphatic hydroxyl groups is 1. The number of benzene rings is 1. The molecule has 0 aliphatic carbocycles. The van der Waals surface area contributed by atoms with Gasteiger partial charge in [0, 0.05) is 6.61 Å². The van der Waals surface area contributed by atoms with Gasteiger partial charge in [-0.2, -0.15) is 0 Å². The molecule has 0 spiro atoms. The molecule has 3 heteroatoms. The lowest BCUT2D eigenvalue weighted by molar-refractivity contribution is -0.0753. The molecule has 1 rings (SSSR count). The van der Waals surface area contributed by atoms with Crippen molar-refractivity contribution in [2.24, 2.45) is 0 Å². The van der Waals surface area contributed by atoms with E-state index >= 15 is 0 Å². The average Bonchev–Trinajstić information content (AvgIpc) is 2.50. The molecule has 0 aliphatic heterocycles. The molecule has 3 nitrogen and oxygen atoms in total. The zero-order valence-electron chi connectivity index (χ0n) is 13.5. The predicted octanol–water partition coefficient (Wildman–Crippen LogP) is 4.32. The summed E-state index contributed by atoms with van der Waals surface area (Å²) in [4.78, 5) is 0. The van der Waals surface area contributed by atoms with E-state index in [1.54, 1.807) is 0 Å². The highest BCUT2D eigenvalue weighted by molar-refractivity contribution is 5.33. The minimum atomic E-state index is -0.893. The fourth-order valence-electron chi connectivity index (χ4n) is 2.32. The van der Waals surface area contributed by atoms with Gasteiger partial charge in [-0.3, -0.25) is 0 Å². The van der Waals surface area contributed by atoms with Gasteiger partial charge in [0.25, 0.3) is 0 Å². The third kappa shape index (κ3) is 8.08. The monoisotopic (exact) mass is 294 g/mol. The van der Waals surface area contributed by atoms with Gasteiger partial charge in [0.1, 0.15) is 12.4 Å². The highest BCUT2D eigenvalue weighted by Crippen LogP contribution is 2.21. The van der Waals surface area contributed by atoms with Crippen LogP contribution in [-0.4, -0.2) is 24.6 Å². The lowest BCUT2D eigenvalue weighted by atomic mass is 10.0. The molecule has 1 aromatic carbocycles. The van der Waals surface area contributed by atoms with Gasteiger partial charge in [-0.1, -0.05) is 57.2 Å². The fourth-order valence-corrected chi connectivity index (χ4v) is 2.32. The summed E-state index contributed by atoms with van der Waals surface area (Å²) in [5.41, 5.74) is 1.17. The van der Waals surface area contributed by atoms with E-state index < -0.39 is 6.29 Å². The molecular weight excluding hydrogens is 264 g/mol. The molecule has 0 aromatic heterocycles. The predicted molar refractivity (Wildman–Crippen MR) is 86.6 cm³/mol. The first-order valence-corrected chi connectivity index (χ1v) is 8.28. The second-order valence-electron chi connectivity index (χ2n) is 5.36. The minimum Gasteiger partial charge on any atom is -0.462 e. The SMILES string of the molecule is CCCCCCCCc1ccccc1OC(O)COCC. The normalized spacial score (nSPS) is 12.3. The lowest BCUT2D eigenvalue weighted by Crippen LogP contribution is -2.22. The van der Waals surface area contributed by atoms with Crippen LogP contribution in [0.5, 0.6) is 5.75 Å². The van der Waals surface area contributed by atoms with Crippen molar-refractivity contribution < 1.29 is 14.6 Å². The zero-order chi connectivity index (χ0) is 15.3. The molecule has 0 fully saturated rings. The summed E-state index contributed by atoms with van der Waals surface area (Å²) in [6.45, 7) is 4.93. The van der Waals surface area contributed by atoms with Crippen molar-refractivity contribution in [3.05, 3.63) is 29.8 Å². The van der Waals surface area contributed by atoms with Crippen LogP contribution in [0.3, 0.4) is 0 Å². The summed E-state index contributed by atoms with van der Waals surface area (Å²) in [5.74, 6) is 0.776. The summed E-state index contributed by atoms with van der Waals surface area (Å²) in [7, 11) is 0. The van der Waals surface area contributed by atoms with Crippen LogP contribution in [0.2, 0.25) is 0 Å². The Morgan fingerprint density at radius 1 is 1.00 bits per heavy atom. The molecule has 1 atom stereocenters. The molecule has 21 heavy (non-hydrogen) atoms. The first-order valence-electron chi connectivity index (χ1n) is 8.28. The topological polar surface area (TPSA) is 38.7 Å². The van der Waals surface area contributed by atoms with Crippen molar-refractivity contribution in [2.45, 2.75) is 65.1 Å². The number of hydrogen-bond donors (Lipinski definition) is 1. The summed E-state index contributed by atoms with van der Waals surface area (Å²) in [6, 6.07) is 7.96. The van der Waals surface area contributed by atoms with E-state index in [1.165, 1.54) is 44.1 Å². The summed E-state index contributed by atoms with van der Waals surface area (Å²) < 4.78 is 10.7. The Bertz CT molecular complexity index is 365. The number of ether oxygens (including phenoxy) is 2. The Labute approximate surface area is 129 Å². The van der Waals surface area contributed by atoms with Crippen molar-refractivity contribution in [1.29, 1.82) is 0 Å². The highest BCUT2D eigenvalue weighted by Gasteiger charge is 2.09. The van der Waals surface area contributed by atoms with E-state index in [-0.39, 0.29) is 6.61 Å². The third-order valence-electron chi connectivity index (χ3n) is 3.50. The van der Waals surface area contributed by atoms with E-state index in [4.69, 9.17) is 9.47 Å². The maximum Gasteiger partial charge on any atom is 0.221 e. The lowest BCUT2D eigenvalue weighted by Gasteiger charge is -2.16. The van der Waals surface area contributed by atoms with Crippen LogP contribution >= 0.6 is 0 Å². The molecular formula is C18H30O3. The van der Waals surface area contributed by atoms with Crippen LogP contribution < -0.4 is 4.74 Å². The number of para-hydroxylation sites is 1. The van der Waals surface area contributed by atoms with Crippen LogP contribution in [-0.2, 0) is 11.2 Å². The quantitative estimate of drug-likeness (QED) is 0.461. The van der Waals surface area contributed by atoms with Crippen LogP contribution in [0.15, 0.2) is 24.3 Å². The first kappa shape index (κ1) is 18.0. The number of rotatable bonds is 12. The number of aryl methyl sites for hydroxylation is 1. The first-order chi connectivity index (χ1) is 10.3. The van der Waals surface area contributed by atoms with E-state index in [0.717, 1.165) is 12.2 Å². The second-order valence-corrected chi connectivity index (χ2v) is 5.36. The maximum atomic E-state index is 9.78. The van der Waals surface area contributed by atoms with Gasteiger partial charge in [-0.25, -0.2) is 0 Å². The molecule has 0 heterocycles. The molecule has 120 valence electrons. The maximum absolute atomic E-state index is 9.78. The number of aliphatic hydroxyl groups excluding tert-OH is 1. The van der Waals surface area contributed by atoms with Crippen LogP contribution in [0, 0.1) is 0 Å². The zero-order valence-corrected chi connectivity index (χ0v) is 13.5. The van der Waals surface area contributed by atoms with Gasteiger partial charge in [0.05, 0.1) is 0 Å². The van der Waals surface area contributed by atoms with Gasteiger partial charge in [0.15, 0.2) is 0 Å². The Hall–Kier alpha value is -1.06. The summed E-state index contributed by atoms with van der Waals surface area (Å²) >= 11 is 0. The minimum absolute atomic E-state index is 0.210. The van der Waals surface area contributed by atoms with Crippen LogP contribution in [0.25, 0.3) is 0 Å². The van der Waals surface area contributed by atoms with E-state index in [0.29, 0.717) is 6.61 Å². The molecule has 0 bridgehead atoms. The van der Waals surface area contributed by atoms with Gasteiger partial charge in [0.2, 0.25) is 6.29 Å². The van der Waals surface area contributed by atoms with Crippen molar-refractivity contribution in [3.8, 4) is 5.75 Å². The number of unbranched alkanes of at least 4 members (excludes halogenated alkanes) is 5. The smallest absolute Gasteiger partial charge is 0.221 e. The Morgan fingerprint density at radius 3 is 2.48 bits per heavy atom. The molecule has 0 saturated carbocycles. The Balaban J connectivity index is 2.36. The molecule has 0 saturated heterocycles. The molecule has 0 amide bonds. The van der Waals surface area contributed by atoms with E-state index in [9.17, 15) is 5.11 Å². The van der Waals surface area contributed by atoms with Gasteiger partial charge in [-0.05, 0) is 31.4 Å². The van der Waals surface area contributed by atoms with Gasteiger partial charge < -0.3 is 14.6 Å². The Kier molecular flexibility index (Phi) is 9.92. The standard InChI is InChI=1S/C18H30O3/c1-3-5-6-7-8-9-12-16-13-10-11-14-17(16)21-18(19)15-20-4-2/h10-11,13-14,18-19H,3-9,12,15H2,1-2H3. The molecule has 0 radical (unpaired) electrons. The highest BCUT2D eigenvalue weighted by atomic mass is 16.6. The van der Waals surface area contributed by atoms with E-state index in [1.807, 2.05) is 25.1 Å². The van der Waals surface area contributed by atoms with Crippen molar-refractivity contribution in [2.75, 3.05) is 13.2 Å². The van der Waals surface area contributed by atoms with Crippen LogP contribution in [0.1, 0.15) is 57.9 Å². The largest absolute Gasteiger partial charge is 0.462 e. The molecule has 1 unspecified atom stereocenters. The third-order valence-corrected chi connectivity index (χ3v) is 3.50. The molecule has 1 N–H and O–H groups in total. The summed E-state index contributed by atoms with van der Waals surface area (Å²) in [5, 5.41) is 9.78. The van der Waals surface area contributed by atoms with Crippen molar-refractivity contribution >= 4 is 0 Å². The molecule has 0 aliphatic rings.